The van der Waals surface area contributed by atoms with Crippen LogP contribution in [0.3, 0.4) is 0 Å². The van der Waals surface area contributed by atoms with Crippen molar-refractivity contribution < 1.29 is 36.6 Å². The van der Waals surface area contributed by atoms with Gasteiger partial charge in [0.2, 0.25) is 11.7 Å². The molecule has 2 N–H and O–H groups in total. The van der Waals surface area contributed by atoms with Crippen molar-refractivity contribution in [3.63, 3.8) is 0 Å². The minimum Gasteiger partial charge on any atom is -0.504 e. The molecule has 1 aliphatic carbocycles. The van der Waals surface area contributed by atoms with Gasteiger partial charge in [0.25, 0.3) is 11.5 Å². The number of aromatic hydroxyl groups is 1. The Morgan fingerprint density at radius 1 is 1.06 bits per heavy atom. The first kappa shape index (κ1) is 34.6. The molecule has 7 rings (SSSR count). The second kappa shape index (κ2) is 12.4. The van der Waals surface area contributed by atoms with Gasteiger partial charge in [0.05, 0.1) is 28.7 Å². The van der Waals surface area contributed by atoms with E-state index < -0.39 is 58.4 Å². The Kier molecular flexibility index (Phi) is 8.29. The molecule has 5 heterocycles. The SMILES string of the molecule is Cc1cc(-c2nc3n(CC(=O)Nc4ccc(C(F)(F)F)cc4F)c4c(c(=O)n3n2)C2(CCN(C(=O)c3ncnc(C)c3O)CC2)CC4C)c(F)cn1. The lowest BCUT2D eigenvalue weighted by molar-refractivity contribution is -0.137. The highest BCUT2D eigenvalue weighted by molar-refractivity contribution is 5.95. The van der Waals surface area contributed by atoms with Crippen molar-refractivity contribution >= 4 is 23.3 Å². The largest absolute Gasteiger partial charge is 0.504 e. The normalized spacial score (nSPS) is 16.8. The molecular weight excluding hydrogens is 693 g/mol. The van der Waals surface area contributed by atoms with Gasteiger partial charge in [-0.3, -0.25) is 19.4 Å². The van der Waals surface area contributed by atoms with Gasteiger partial charge in [-0.05, 0) is 63.3 Å². The lowest BCUT2D eigenvalue weighted by Gasteiger charge is -2.39. The molecule has 1 saturated heterocycles. The molecule has 4 aromatic heterocycles. The number of hydrogen-bond acceptors (Lipinski definition) is 9. The van der Waals surface area contributed by atoms with Gasteiger partial charge in [-0.15, -0.1) is 5.10 Å². The number of nitrogens with zero attached hydrogens (tertiary/aromatic N) is 8. The molecule has 5 aromatic rings. The summed E-state index contributed by atoms with van der Waals surface area (Å²) >= 11 is 0. The Morgan fingerprint density at radius 3 is 2.48 bits per heavy atom. The fraction of sp³-hybridized carbons (Fsp3) is 0.353. The van der Waals surface area contributed by atoms with E-state index >= 15 is 0 Å². The van der Waals surface area contributed by atoms with Crippen LogP contribution in [0.2, 0.25) is 0 Å². The van der Waals surface area contributed by atoms with Crippen LogP contribution < -0.4 is 10.9 Å². The molecule has 1 aliphatic heterocycles. The van der Waals surface area contributed by atoms with Crippen LogP contribution in [0.25, 0.3) is 17.2 Å². The van der Waals surface area contributed by atoms with E-state index in [0.717, 1.165) is 16.8 Å². The molecule has 1 unspecified atom stereocenters. The van der Waals surface area contributed by atoms with Crippen LogP contribution in [0.4, 0.5) is 27.6 Å². The number of halogens is 5. The van der Waals surface area contributed by atoms with Gasteiger partial charge in [0.1, 0.15) is 18.7 Å². The highest BCUT2D eigenvalue weighted by Gasteiger charge is 2.49. The fourth-order valence-electron chi connectivity index (χ4n) is 7.34. The molecule has 0 bridgehead atoms. The summed E-state index contributed by atoms with van der Waals surface area (Å²) in [5.41, 5.74) is -1.78. The van der Waals surface area contributed by atoms with E-state index in [1.54, 1.807) is 13.8 Å². The number of rotatable bonds is 5. The number of amides is 2. The number of aromatic nitrogens is 7. The average molecular weight is 724 g/mol. The lowest BCUT2D eigenvalue weighted by Crippen LogP contribution is -2.46. The Bertz CT molecular complexity index is 2350. The van der Waals surface area contributed by atoms with Crippen LogP contribution in [-0.4, -0.2) is 69.0 Å². The zero-order chi connectivity index (χ0) is 37.3. The molecule has 13 nitrogen and oxygen atoms in total. The molecule has 1 spiro atoms. The lowest BCUT2D eigenvalue weighted by atomic mass is 9.73. The van der Waals surface area contributed by atoms with Crippen molar-refractivity contribution in [3.8, 4) is 17.1 Å². The highest BCUT2D eigenvalue weighted by atomic mass is 19.4. The van der Waals surface area contributed by atoms with Gasteiger partial charge in [-0.1, -0.05) is 6.92 Å². The van der Waals surface area contributed by atoms with Crippen LogP contribution in [0.15, 0.2) is 41.6 Å². The number of hydrogen-bond donors (Lipinski definition) is 2. The van der Waals surface area contributed by atoms with E-state index in [1.807, 2.05) is 6.92 Å². The summed E-state index contributed by atoms with van der Waals surface area (Å²) in [6.07, 6.45) is -1.53. The van der Waals surface area contributed by atoms with Crippen molar-refractivity contribution in [2.24, 2.45) is 0 Å². The van der Waals surface area contributed by atoms with Crippen molar-refractivity contribution in [3.05, 3.63) is 92.7 Å². The Balaban J connectivity index is 1.29. The van der Waals surface area contributed by atoms with Crippen LogP contribution in [0, 0.1) is 25.5 Å². The molecule has 1 fully saturated rings. The maximum Gasteiger partial charge on any atom is 0.416 e. The number of likely N-dealkylation sites (tertiary alicyclic amines) is 1. The third-order valence-electron chi connectivity index (χ3n) is 9.80. The van der Waals surface area contributed by atoms with Crippen LogP contribution in [0.5, 0.6) is 5.75 Å². The van der Waals surface area contributed by atoms with Gasteiger partial charge >= 0.3 is 6.18 Å². The minimum absolute atomic E-state index is 0.0450. The van der Waals surface area contributed by atoms with Crippen LogP contribution in [-0.2, 0) is 22.9 Å². The van der Waals surface area contributed by atoms with Gasteiger partial charge in [0, 0.05) is 35.5 Å². The predicted molar refractivity (Wildman–Crippen MR) is 173 cm³/mol. The number of carbonyl (C=O) groups excluding carboxylic acids is 2. The molecule has 1 atom stereocenters. The molecule has 2 aliphatic rings. The first-order valence-corrected chi connectivity index (χ1v) is 16.2. The molecule has 0 saturated carbocycles. The van der Waals surface area contributed by atoms with Crippen molar-refractivity contribution in [2.45, 2.75) is 64.1 Å². The summed E-state index contributed by atoms with van der Waals surface area (Å²) in [6, 6.07) is 3.12. The smallest absolute Gasteiger partial charge is 0.416 e. The molecule has 270 valence electrons. The molecule has 52 heavy (non-hydrogen) atoms. The van der Waals surface area contributed by atoms with Gasteiger partial charge < -0.3 is 19.9 Å². The number of carbonyl (C=O) groups is 2. The summed E-state index contributed by atoms with van der Waals surface area (Å²) in [7, 11) is 0. The monoisotopic (exact) mass is 723 g/mol. The number of nitrogens with one attached hydrogen (secondary N) is 1. The van der Waals surface area contributed by atoms with E-state index in [0.29, 0.717) is 42.3 Å². The van der Waals surface area contributed by atoms with E-state index in [1.165, 1.54) is 21.9 Å². The first-order chi connectivity index (χ1) is 24.6. The standard InChI is InChI=1S/C34H30F5N9O4/c1-16-12-33(6-8-46(9-7-33)31(52)26-28(50)18(3)41-15-42-26)25-27(16)47(14-24(49)43-23-5-4-19(11-21(23)35)34(37,38)39)32-44-29(45-48(32)30(25)51)20-10-17(2)40-13-22(20)36/h4-5,10-11,13,15-16,50H,6-9,12,14H2,1-3H3,(H,43,49). The predicted octanol–water partition coefficient (Wildman–Crippen LogP) is 4.68. The van der Waals surface area contributed by atoms with E-state index in [-0.39, 0.29) is 59.4 Å². The van der Waals surface area contributed by atoms with Crippen molar-refractivity contribution in [1.29, 1.82) is 0 Å². The first-order valence-electron chi connectivity index (χ1n) is 16.2. The molecular formula is C34H30F5N9O4. The quantitative estimate of drug-likeness (QED) is 0.246. The van der Waals surface area contributed by atoms with Gasteiger partial charge in [-0.25, -0.2) is 18.7 Å². The third-order valence-corrected chi connectivity index (χ3v) is 9.80. The summed E-state index contributed by atoms with van der Waals surface area (Å²) in [6.45, 7) is 4.87. The van der Waals surface area contributed by atoms with E-state index in [9.17, 15) is 41.4 Å². The molecule has 1 aromatic carbocycles. The highest BCUT2D eigenvalue weighted by Crippen LogP contribution is 2.50. The Hall–Kier alpha value is -5.81. The topological polar surface area (TPSA) is 160 Å². The Morgan fingerprint density at radius 2 is 1.79 bits per heavy atom. The maximum absolute atomic E-state index is 15.0. The van der Waals surface area contributed by atoms with Crippen molar-refractivity contribution in [2.75, 3.05) is 18.4 Å². The number of benzene rings is 1. The number of aryl methyl sites for hydroxylation is 2. The number of pyridine rings is 1. The fourth-order valence-corrected chi connectivity index (χ4v) is 7.34. The minimum atomic E-state index is -4.80. The third kappa shape index (κ3) is 5.80. The molecule has 2 amide bonds. The zero-order valence-corrected chi connectivity index (χ0v) is 27.9. The Labute approximate surface area is 291 Å². The second-order valence-corrected chi connectivity index (χ2v) is 13.2. The summed E-state index contributed by atoms with van der Waals surface area (Å²) in [5, 5.41) is 17.1. The number of alkyl halides is 3. The molecule has 0 radical (unpaired) electrons. The second-order valence-electron chi connectivity index (χ2n) is 13.2. The number of fused-ring (bicyclic) bond motifs is 3. The summed E-state index contributed by atoms with van der Waals surface area (Å²) in [4.78, 5) is 59.1. The number of piperidine rings is 1. The molecule has 18 heteroatoms. The number of anilines is 1. The van der Waals surface area contributed by atoms with Crippen molar-refractivity contribution in [1.82, 2.24) is 39.0 Å². The van der Waals surface area contributed by atoms with E-state index in [4.69, 9.17) is 0 Å². The van der Waals surface area contributed by atoms with Gasteiger partial charge in [-0.2, -0.15) is 22.7 Å². The van der Waals surface area contributed by atoms with Crippen LogP contribution in [0.1, 0.15) is 70.8 Å². The summed E-state index contributed by atoms with van der Waals surface area (Å²) < 4.78 is 71.5. The van der Waals surface area contributed by atoms with Crippen LogP contribution >= 0.6 is 0 Å². The maximum atomic E-state index is 15.0. The summed E-state index contributed by atoms with van der Waals surface area (Å²) in [5.74, 6) is -4.33. The van der Waals surface area contributed by atoms with Gasteiger partial charge in [0.15, 0.2) is 23.1 Å². The zero-order valence-electron chi connectivity index (χ0n) is 27.9. The van der Waals surface area contributed by atoms with E-state index in [2.05, 4.69) is 30.4 Å². The average Bonchev–Trinajstić information content (AvgIpc) is 3.66.